The maximum absolute atomic E-state index is 11.6. The van der Waals surface area contributed by atoms with E-state index in [1.165, 1.54) is 6.92 Å². The van der Waals surface area contributed by atoms with Gasteiger partial charge < -0.3 is 0 Å². The van der Waals surface area contributed by atoms with E-state index >= 15 is 0 Å². The number of rotatable bonds is 7. The summed E-state index contributed by atoms with van der Waals surface area (Å²) in [6.45, 7) is 5.08. The minimum Gasteiger partial charge on any atom is -0.300 e. The van der Waals surface area contributed by atoms with Gasteiger partial charge in [-0.15, -0.1) is 0 Å². The normalized spacial score (nSPS) is 13.9. The summed E-state index contributed by atoms with van der Waals surface area (Å²) < 4.78 is 23.2. The summed E-state index contributed by atoms with van der Waals surface area (Å²) in [5.74, 6) is 0.159. The molecule has 4 heteroatoms. The predicted octanol–water partition coefficient (Wildman–Crippen LogP) is 1.96. The fraction of sp³-hybridized carbons (Fsp3) is 0.900. The minimum absolute atomic E-state index is 0.0587. The van der Waals surface area contributed by atoms with Crippen LogP contribution in [-0.4, -0.2) is 25.2 Å². The molecule has 3 nitrogen and oxygen atoms in total. The summed E-state index contributed by atoms with van der Waals surface area (Å²) in [5.41, 5.74) is 0. The maximum atomic E-state index is 11.6. The molecule has 0 aliphatic rings. The van der Waals surface area contributed by atoms with Gasteiger partial charge in [-0.3, -0.25) is 4.79 Å². The quantitative estimate of drug-likeness (QED) is 0.616. The Morgan fingerprint density at radius 1 is 1.29 bits per heavy atom. The molecule has 0 aromatic heterocycles. The highest BCUT2D eigenvalue weighted by Crippen LogP contribution is 2.10. The van der Waals surface area contributed by atoms with Crippen molar-refractivity contribution in [1.82, 2.24) is 0 Å². The van der Waals surface area contributed by atoms with Crippen molar-refractivity contribution in [2.75, 3.05) is 5.75 Å². The van der Waals surface area contributed by atoms with Gasteiger partial charge >= 0.3 is 0 Å². The van der Waals surface area contributed by atoms with Crippen LogP contribution in [-0.2, 0) is 14.6 Å². The van der Waals surface area contributed by atoms with E-state index in [0.717, 1.165) is 12.8 Å². The Labute approximate surface area is 86.8 Å². The first-order chi connectivity index (χ1) is 6.40. The first kappa shape index (κ1) is 13.6. The Morgan fingerprint density at radius 2 is 1.86 bits per heavy atom. The molecule has 0 aliphatic carbocycles. The molecule has 0 heterocycles. The summed E-state index contributed by atoms with van der Waals surface area (Å²) in [6.07, 6.45) is 2.80. The fourth-order valence-electron chi connectivity index (χ4n) is 1.29. The largest absolute Gasteiger partial charge is 0.300 e. The molecule has 0 radical (unpaired) electrons. The number of unbranched alkanes of at least 4 members (excludes halogenated alkanes) is 2. The van der Waals surface area contributed by atoms with Crippen LogP contribution in [0.1, 0.15) is 46.5 Å². The minimum atomic E-state index is -3.05. The van der Waals surface area contributed by atoms with Crippen molar-refractivity contribution >= 4 is 15.6 Å². The highest BCUT2D eigenvalue weighted by Gasteiger charge is 2.21. The SMILES string of the molecule is CCCCCS(=O)(=O)C(C)CC(C)=O. The molecule has 0 spiro atoms. The average molecular weight is 220 g/mol. The Bertz CT molecular complexity index is 267. The molecular formula is C10H20O3S. The van der Waals surface area contributed by atoms with Crippen LogP contribution in [0.5, 0.6) is 0 Å². The third-order valence-electron chi connectivity index (χ3n) is 2.22. The zero-order valence-electron chi connectivity index (χ0n) is 9.25. The monoisotopic (exact) mass is 220 g/mol. The van der Waals surface area contributed by atoms with Crippen LogP contribution in [0.4, 0.5) is 0 Å². The number of carbonyl (C=O) groups is 1. The molecular weight excluding hydrogens is 200 g/mol. The molecule has 84 valence electrons. The van der Waals surface area contributed by atoms with Gasteiger partial charge in [-0.1, -0.05) is 19.8 Å². The lowest BCUT2D eigenvalue weighted by Crippen LogP contribution is -2.23. The van der Waals surface area contributed by atoms with Gasteiger partial charge in [-0.05, 0) is 20.3 Å². The van der Waals surface area contributed by atoms with Crippen LogP contribution in [0.3, 0.4) is 0 Å². The third kappa shape index (κ3) is 5.37. The maximum Gasteiger partial charge on any atom is 0.153 e. The number of hydrogen-bond acceptors (Lipinski definition) is 3. The second-order valence-electron chi connectivity index (χ2n) is 3.79. The van der Waals surface area contributed by atoms with Gasteiger partial charge in [-0.2, -0.15) is 0 Å². The Hall–Kier alpha value is -0.380. The molecule has 1 unspecified atom stereocenters. The fourth-order valence-corrected chi connectivity index (χ4v) is 2.78. The van der Waals surface area contributed by atoms with E-state index in [1.807, 2.05) is 6.92 Å². The van der Waals surface area contributed by atoms with Crippen molar-refractivity contribution < 1.29 is 13.2 Å². The second kappa shape index (κ2) is 6.17. The Morgan fingerprint density at radius 3 is 2.29 bits per heavy atom. The number of hydrogen-bond donors (Lipinski definition) is 0. The van der Waals surface area contributed by atoms with Crippen molar-refractivity contribution in [3.63, 3.8) is 0 Å². The average Bonchev–Trinajstić information content (AvgIpc) is 2.03. The van der Waals surface area contributed by atoms with Crippen molar-refractivity contribution in [2.24, 2.45) is 0 Å². The summed E-state index contributed by atoms with van der Waals surface area (Å²) >= 11 is 0. The van der Waals surface area contributed by atoms with Crippen LogP contribution in [0.25, 0.3) is 0 Å². The highest BCUT2D eigenvalue weighted by molar-refractivity contribution is 7.92. The van der Waals surface area contributed by atoms with E-state index in [-0.39, 0.29) is 18.0 Å². The summed E-state index contributed by atoms with van der Waals surface area (Å²) in [4.78, 5) is 10.8. The zero-order valence-corrected chi connectivity index (χ0v) is 10.1. The first-order valence-corrected chi connectivity index (χ1v) is 6.82. The smallest absolute Gasteiger partial charge is 0.153 e. The van der Waals surface area contributed by atoms with Gasteiger partial charge in [0.25, 0.3) is 0 Å². The molecule has 0 amide bonds. The Kier molecular flexibility index (Phi) is 6.00. The van der Waals surface area contributed by atoms with E-state index < -0.39 is 15.1 Å². The lowest BCUT2D eigenvalue weighted by molar-refractivity contribution is -0.116. The molecule has 0 fully saturated rings. The summed E-state index contributed by atoms with van der Waals surface area (Å²) in [7, 11) is -3.05. The van der Waals surface area contributed by atoms with Crippen molar-refractivity contribution in [2.45, 2.75) is 51.7 Å². The molecule has 0 aliphatic heterocycles. The van der Waals surface area contributed by atoms with Crippen LogP contribution in [0.15, 0.2) is 0 Å². The van der Waals surface area contributed by atoms with E-state index in [4.69, 9.17) is 0 Å². The van der Waals surface area contributed by atoms with Crippen LogP contribution < -0.4 is 0 Å². The van der Waals surface area contributed by atoms with E-state index in [0.29, 0.717) is 6.42 Å². The zero-order chi connectivity index (χ0) is 11.2. The van der Waals surface area contributed by atoms with Crippen LogP contribution in [0.2, 0.25) is 0 Å². The van der Waals surface area contributed by atoms with Gasteiger partial charge in [-0.25, -0.2) is 8.42 Å². The molecule has 14 heavy (non-hydrogen) atoms. The van der Waals surface area contributed by atoms with Gasteiger partial charge in [0.2, 0.25) is 0 Å². The number of ketones is 1. The van der Waals surface area contributed by atoms with E-state index in [2.05, 4.69) is 0 Å². The molecule has 1 atom stereocenters. The van der Waals surface area contributed by atoms with Gasteiger partial charge in [0.15, 0.2) is 9.84 Å². The lowest BCUT2D eigenvalue weighted by Gasteiger charge is -2.10. The number of Topliss-reactive ketones (excluding diaryl/α,β-unsaturated/α-hetero) is 1. The molecule has 0 aromatic carbocycles. The third-order valence-corrected chi connectivity index (χ3v) is 4.47. The summed E-state index contributed by atoms with van der Waals surface area (Å²) in [6, 6.07) is 0. The number of sulfone groups is 1. The molecule has 0 bridgehead atoms. The topological polar surface area (TPSA) is 51.2 Å². The lowest BCUT2D eigenvalue weighted by atomic mass is 10.2. The van der Waals surface area contributed by atoms with Crippen molar-refractivity contribution in [3.8, 4) is 0 Å². The Balaban J connectivity index is 4.10. The molecule has 0 aromatic rings. The highest BCUT2D eigenvalue weighted by atomic mass is 32.2. The molecule has 0 N–H and O–H groups in total. The van der Waals surface area contributed by atoms with Gasteiger partial charge in [0.05, 0.1) is 11.0 Å². The number of carbonyl (C=O) groups excluding carboxylic acids is 1. The standard InChI is InChI=1S/C10H20O3S/c1-4-5-6-7-14(12,13)10(3)8-9(2)11/h10H,4-8H2,1-3H3. The van der Waals surface area contributed by atoms with E-state index in [1.54, 1.807) is 6.92 Å². The first-order valence-electron chi connectivity index (χ1n) is 5.11. The molecule has 0 rings (SSSR count). The second-order valence-corrected chi connectivity index (χ2v) is 6.33. The van der Waals surface area contributed by atoms with Crippen molar-refractivity contribution in [1.29, 1.82) is 0 Å². The van der Waals surface area contributed by atoms with Crippen LogP contribution >= 0.6 is 0 Å². The van der Waals surface area contributed by atoms with Crippen LogP contribution in [0, 0.1) is 0 Å². The summed E-state index contributed by atoms with van der Waals surface area (Å²) in [5, 5.41) is -0.517. The molecule has 0 saturated heterocycles. The van der Waals surface area contributed by atoms with E-state index in [9.17, 15) is 13.2 Å². The van der Waals surface area contributed by atoms with Gasteiger partial charge in [0.1, 0.15) is 5.78 Å². The van der Waals surface area contributed by atoms with Crippen molar-refractivity contribution in [3.05, 3.63) is 0 Å². The predicted molar refractivity (Wildman–Crippen MR) is 58.1 cm³/mol. The van der Waals surface area contributed by atoms with Gasteiger partial charge in [0, 0.05) is 6.42 Å². The molecule has 0 saturated carbocycles.